The van der Waals surface area contributed by atoms with E-state index in [0.29, 0.717) is 18.2 Å². The van der Waals surface area contributed by atoms with Gasteiger partial charge in [0.25, 0.3) is 5.91 Å². The standard InChI is InChI=1S/C20H22Br2N2O2.ClH/c21-15-10-14(12-23-16-6-8-17(25)9-7-16)19(18(22)11-15)24-20(26)13-4-2-1-3-5-13;/h1-5,10-11,16-17,23,25H,6-9,12H2,(H,24,26);1H. The van der Waals surface area contributed by atoms with Crippen molar-refractivity contribution in [2.75, 3.05) is 5.32 Å². The lowest BCUT2D eigenvalue weighted by molar-refractivity contribution is 0.102. The van der Waals surface area contributed by atoms with E-state index >= 15 is 0 Å². The molecule has 7 heteroatoms. The van der Waals surface area contributed by atoms with Crippen LogP contribution in [0.5, 0.6) is 0 Å². The Labute approximate surface area is 182 Å². The van der Waals surface area contributed by atoms with Gasteiger partial charge in [-0.05, 0) is 71.4 Å². The van der Waals surface area contributed by atoms with Gasteiger partial charge in [0, 0.05) is 27.1 Å². The molecule has 2 aromatic rings. The summed E-state index contributed by atoms with van der Waals surface area (Å²) in [6.07, 6.45) is 3.48. The number of aliphatic hydroxyl groups is 1. The second-order valence-corrected chi connectivity index (χ2v) is 8.40. The average Bonchev–Trinajstić information content (AvgIpc) is 2.64. The van der Waals surface area contributed by atoms with E-state index in [1.54, 1.807) is 12.1 Å². The molecule has 1 saturated carbocycles. The summed E-state index contributed by atoms with van der Waals surface area (Å²) in [7, 11) is 0. The normalized spacial score (nSPS) is 19.2. The molecule has 146 valence electrons. The van der Waals surface area contributed by atoms with Gasteiger partial charge in [0.05, 0.1) is 11.8 Å². The highest BCUT2D eigenvalue weighted by Crippen LogP contribution is 2.31. The minimum Gasteiger partial charge on any atom is -0.393 e. The lowest BCUT2D eigenvalue weighted by atomic mass is 9.93. The van der Waals surface area contributed by atoms with Gasteiger partial charge >= 0.3 is 0 Å². The molecule has 0 bridgehead atoms. The zero-order chi connectivity index (χ0) is 18.5. The first-order chi connectivity index (χ1) is 12.5. The van der Waals surface area contributed by atoms with Crippen LogP contribution < -0.4 is 10.6 Å². The number of benzene rings is 2. The molecule has 1 aliphatic rings. The van der Waals surface area contributed by atoms with Crippen LogP contribution in [-0.4, -0.2) is 23.2 Å². The Kier molecular flexibility index (Phi) is 8.76. The SMILES string of the molecule is Cl.O=C(Nc1c(Br)cc(Br)cc1CNC1CCC(O)CC1)c1ccccc1. The summed E-state index contributed by atoms with van der Waals surface area (Å²) in [5.41, 5.74) is 2.43. The van der Waals surface area contributed by atoms with Crippen LogP contribution >= 0.6 is 44.3 Å². The number of hydrogen-bond donors (Lipinski definition) is 3. The third kappa shape index (κ3) is 6.29. The van der Waals surface area contributed by atoms with E-state index in [2.05, 4.69) is 42.5 Å². The third-order valence-corrected chi connectivity index (χ3v) is 5.77. The Balaban J connectivity index is 0.00000261. The van der Waals surface area contributed by atoms with Gasteiger partial charge in [-0.3, -0.25) is 4.79 Å². The fraction of sp³-hybridized carbons (Fsp3) is 0.350. The Bertz CT molecular complexity index is 766. The van der Waals surface area contributed by atoms with E-state index in [9.17, 15) is 9.90 Å². The predicted molar refractivity (Wildman–Crippen MR) is 119 cm³/mol. The molecule has 0 spiro atoms. The number of anilines is 1. The fourth-order valence-electron chi connectivity index (χ4n) is 3.22. The number of halogens is 3. The van der Waals surface area contributed by atoms with Crippen molar-refractivity contribution in [2.24, 2.45) is 0 Å². The lowest BCUT2D eigenvalue weighted by Crippen LogP contribution is -2.34. The molecule has 0 unspecified atom stereocenters. The molecule has 0 atom stereocenters. The number of carbonyl (C=O) groups is 1. The van der Waals surface area contributed by atoms with Crippen LogP contribution in [0.4, 0.5) is 5.69 Å². The van der Waals surface area contributed by atoms with Crippen LogP contribution in [0.25, 0.3) is 0 Å². The summed E-state index contributed by atoms with van der Waals surface area (Å²) in [5, 5.41) is 16.2. The van der Waals surface area contributed by atoms with E-state index in [-0.39, 0.29) is 24.4 Å². The highest BCUT2D eigenvalue weighted by atomic mass is 79.9. The Hall–Kier alpha value is -0.920. The topological polar surface area (TPSA) is 61.4 Å². The zero-order valence-electron chi connectivity index (χ0n) is 14.8. The van der Waals surface area contributed by atoms with Crippen molar-refractivity contribution in [3.8, 4) is 0 Å². The molecule has 0 aliphatic heterocycles. The number of rotatable bonds is 5. The van der Waals surface area contributed by atoms with E-state index in [0.717, 1.165) is 45.9 Å². The fourth-order valence-corrected chi connectivity index (χ4v) is 4.63. The van der Waals surface area contributed by atoms with Gasteiger partial charge in [0.15, 0.2) is 0 Å². The van der Waals surface area contributed by atoms with Crippen LogP contribution in [-0.2, 0) is 6.54 Å². The highest BCUT2D eigenvalue weighted by molar-refractivity contribution is 9.11. The molecule has 0 radical (unpaired) electrons. The highest BCUT2D eigenvalue weighted by Gasteiger charge is 2.20. The summed E-state index contributed by atoms with van der Waals surface area (Å²) < 4.78 is 1.80. The molecular weight excluding hydrogens is 495 g/mol. The van der Waals surface area contributed by atoms with Crippen molar-refractivity contribution < 1.29 is 9.90 Å². The molecule has 3 N–H and O–H groups in total. The third-order valence-electron chi connectivity index (χ3n) is 4.69. The second-order valence-electron chi connectivity index (χ2n) is 6.63. The summed E-state index contributed by atoms with van der Waals surface area (Å²) in [5.74, 6) is -0.129. The molecule has 2 aromatic carbocycles. The molecule has 0 saturated heterocycles. The average molecular weight is 519 g/mol. The van der Waals surface area contributed by atoms with Crippen molar-refractivity contribution in [3.63, 3.8) is 0 Å². The van der Waals surface area contributed by atoms with Crippen LogP contribution in [0.3, 0.4) is 0 Å². The molecule has 0 heterocycles. The quantitative estimate of drug-likeness (QED) is 0.505. The maximum atomic E-state index is 12.6. The summed E-state index contributed by atoms with van der Waals surface area (Å²) >= 11 is 7.10. The number of carbonyl (C=O) groups excluding carboxylic acids is 1. The van der Waals surface area contributed by atoms with Crippen molar-refractivity contribution in [2.45, 2.75) is 44.4 Å². The van der Waals surface area contributed by atoms with Gasteiger partial charge in [0.1, 0.15) is 0 Å². The van der Waals surface area contributed by atoms with Gasteiger partial charge in [0.2, 0.25) is 0 Å². The first-order valence-corrected chi connectivity index (χ1v) is 10.4. The van der Waals surface area contributed by atoms with E-state index < -0.39 is 0 Å². The van der Waals surface area contributed by atoms with Crippen molar-refractivity contribution in [1.29, 1.82) is 0 Å². The number of aliphatic hydroxyl groups excluding tert-OH is 1. The Morgan fingerprint density at radius 3 is 2.41 bits per heavy atom. The van der Waals surface area contributed by atoms with Crippen LogP contribution in [0.15, 0.2) is 51.4 Å². The summed E-state index contributed by atoms with van der Waals surface area (Å²) in [4.78, 5) is 12.6. The summed E-state index contributed by atoms with van der Waals surface area (Å²) in [6.45, 7) is 0.656. The van der Waals surface area contributed by atoms with Crippen molar-refractivity contribution in [1.82, 2.24) is 5.32 Å². The number of nitrogens with one attached hydrogen (secondary N) is 2. The Morgan fingerprint density at radius 2 is 1.74 bits per heavy atom. The van der Waals surface area contributed by atoms with Gasteiger partial charge in [-0.2, -0.15) is 0 Å². The van der Waals surface area contributed by atoms with Crippen molar-refractivity contribution in [3.05, 3.63) is 62.5 Å². The Morgan fingerprint density at radius 1 is 1.07 bits per heavy atom. The number of hydrogen-bond acceptors (Lipinski definition) is 3. The van der Waals surface area contributed by atoms with Crippen molar-refractivity contribution >= 4 is 55.9 Å². The first kappa shape index (κ1) is 22.4. The lowest BCUT2D eigenvalue weighted by Gasteiger charge is -2.27. The van der Waals surface area contributed by atoms with Gasteiger partial charge in [-0.15, -0.1) is 12.4 Å². The molecule has 1 fully saturated rings. The molecule has 1 aliphatic carbocycles. The van der Waals surface area contributed by atoms with Crippen LogP contribution in [0.2, 0.25) is 0 Å². The smallest absolute Gasteiger partial charge is 0.255 e. The first-order valence-electron chi connectivity index (χ1n) is 8.78. The molecule has 27 heavy (non-hydrogen) atoms. The van der Waals surface area contributed by atoms with E-state index in [4.69, 9.17) is 0 Å². The van der Waals surface area contributed by atoms with Gasteiger partial charge in [-0.1, -0.05) is 34.1 Å². The largest absolute Gasteiger partial charge is 0.393 e. The van der Waals surface area contributed by atoms with E-state index in [1.807, 2.05) is 30.3 Å². The van der Waals surface area contributed by atoms with Gasteiger partial charge in [-0.25, -0.2) is 0 Å². The molecule has 0 aromatic heterocycles. The predicted octanol–water partition coefficient (Wildman–Crippen LogP) is 5.28. The minimum atomic E-state index is -0.159. The molecule has 3 rings (SSSR count). The molecule has 1 amide bonds. The zero-order valence-corrected chi connectivity index (χ0v) is 18.7. The van der Waals surface area contributed by atoms with Crippen LogP contribution in [0.1, 0.15) is 41.6 Å². The second kappa shape index (κ2) is 10.6. The number of amides is 1. The minimum absolute atomic E-state index is 0. The molecular formula is C20H23Br2ClN2O2. The maximum Gasteiger partial charge on any atom is 0.255 e. The van der Waals surface area contributed by atoms with Gasteiger partial charge < -0.3 is 15.7 Å². The monoisotopic (exact) mass is 516 g/mol. The maximum absolute atomic E-state index is 12.6. The van der Waals surface area contributed by atoms with E-state index in [1.165, 1.54) is 0 Å². The van der Waals surface area contributed by atoms with Crippen LogP contribution in [0, 0.1) is 0 Å². The molecule has 4 nitrogen and oxygen atoms in total. The summed E-state index contributed by atoms with van der Waals surface area (Å²) in [6, 6.07) is 13.5.